The average Bonchev–Trinajstić information content (AvgIpc) is 2.73. The summed E-state index contributed by atoms with van der Waals surface area (Å²) in [7, 11) is -1.09. The first-order chi connectivity index (χ1) is 9.28. The molecule has 1 aromatic carbocycles. The first-order valence-corrected chi connectivity index (χ1v) is 8.89. The SMILES string of the molecule is Cc1ccc(NC(=S)N(C)[C@H]2CCS(=O)(=O)C2)cc1Cl. The Morgan fingerprint density at radius 2 is 2.20 bits per heavy atom. The summed E-state index contributed by atoms with van der Waals surface area (Å²) in [5, 5.41) is 4.27. The molecule has 1 aliphatic rings. The highest BCUT2D eigenvalue weighted by molar-refractivity contribution is 7.91. The largest absolute Gasteiger partial charge is 0.348 e. The number of nitrogens with one attached hydrogen (secondary N) is 1. The van der Waals surface area contributed by atoms with E-state index >= 15 is 0 Å². The maximum atomic E-state index is 11.5. The molecular weight excluding hydrogens is 316 g/mol. The van der Waals surface area contributed by atoms with E-state index < -0.39 is 9.84 Å². The molecule has 0 spiro atoms. The Bertz CT molecular complexity index is 631. The van der Waals surface area contributed by atoms with Crippen LogP contribution in [0.3, 0.4) is 0 Å². The molecule has 0 aliphatic carbocycles. The average molecular weight is 333 g/mol. The fourth-order valence-corrected chi connectivity index (χ4v) is 4.35. The molecule has 0 saturated carbocycles. The molecule has 1 fully saturated rings. The van der Waals surface area contributed by atoms with Crippen molar-refractivity contribution in [1.29, 1.82) is 0 Å². The van der Waals surface area contributed by atoms with E-state index in [0.717, 1.165) is 11.3 Å². The van der Waals surface area contributed by atoms with Gasteiger partial charge in [0.05, 0.1) is 11.5 Å². The molecule has 2 rings (SSSR count). The molecule has 20 heavy (non-hydrogen) atoms. The Labute approximate surface area is 130 Å². The molecular formula is C13H17ClN2O2S2. The zero-order chi connectivity index (χ0) is 14.9. The topological polar surface area (TPSA) is 49.4 Å². The summed E-state index contributed by atoms with van der Waals surface area (Å²) in [4.78, 5) is 1.81. The van der Waals surface area contributed by atoms with Gasteiger partial charge in [0, 0.05) is 23.8 Å². The maximum Gasteiger partial charge on any atom is 0.173 e. The molecule has 1 saturated heterocycles. The lowest BCUT2D eigenvalue weighted by Gasteiger charge is -2.26. The minimum absolute atomic E-state index is 0.0547. The fraction of sp³-hybridized carbons (Fsp3) is 0.462. The van der Waals surface area contributed by atoms with Gasteiger partial charge in [0.1, 0.15) is 0 Å². The van der Waals surface area contributed by atoms with Crippen molar-refractivity contribution in [3.63, 3.8) is 0 Å². The number of benzene rings is 1. The molecule has 4 nitrogen and oxygen atoms in total. The van der Waals surface area contributed by atoms with E-state index in [1.807, 2.05) is 37.1 Å². The first kappa shape index (κ1) is 15.5. The number of anilines is 1. The Morgan fingerprint density at radius 1 is 1.50 bits per heavy atom. The molecule has 1 N–H and O–H groups in total. The van der Waals surface area contributed by atoms with Crippen molar-refractivity contribution in [2.75, 3.05) is 23.9 Å². The molecule has 1 heterocycles. The van der Waals surface area contributed by atoms with Gasteiger partial charge in [0.15, 0.2) is 14.9 Å². The molecule has 110 valence electrons. The third kappa shape index (κ3) is 3.62. The smallest absolute Gasteiger partial charge is 0.173 e. The predicted octanol–water partition coefficient (Wildman–Crippen LogP) is 2.46. The zero-order valence-electron chi connectivity index (χ0n) is 11.4. The number of rotatable bonds is 2. The van der Waals surface area contributed by atoms with Crippen LogP contribution in [-0.2, 0) is 9.84 Å². The highest BCUT2D eigenvalue weighted by Crippen LogP contribution is 2.21. The second kappa shape index (κ2) is 5.87. The zero-order valence-corrected chi connectivity index (χ0v) is 13.8. The monoisotopic (exact) mass is 332 g/mol. The third-order valence-corrected chi connectivity index (χ3v) is 6.05. The molecule has 0 amide bonds. The van der Waals surface area contributed by atoms with Gasteiger partial charge in [-0.25, -0.2) is 8.42 Å². The summed E-state index contributed by atoms with van der Waals surface area (Å²) in [5.74, 6) is 0.404. The highest BCUT2D eigenvalue weighted by atomic mass is 35.5. The van der Waals surface area contributed by atoms with E-state index in [4.69, 9.17) is 23.8 Å². The van der Waals surface area contributed by atoms with Crippen molar-refractivity contribution < 1.29 is 8.42 Å². The van der Waals surface area contributed by atoms with Gasteiger partial charge >= 0.3 is 0 Å². The number of nitrogens with zero attached hydrogens (tertiary/aromatic N) is 1. The Morgan fingerprint density at radius 3 is 2.75 bits per heavy atom. The van der Waals surface area contributed by atoms with Crippen LogP contribution >= 0.6 is 23.8 Å². The standard InChI is InChI=1S/C13H17ClN2O2S2/c1-9-3-4-10(7-12(9)14)15-13(19)16(2)11-5-6-20(17,18)8-11/h3-4,7,11H,5-6,8H2,1-2H3,(H,15,19)/t11-/m0/s1. The second-order valence-electron chi connectivity index (χ2n) is 5.06. The lowest BCUT2D eigenvalue weighted by Crippen LogP contribution is -2.40. The molecule has 1 aliphatic heterocycles. The Balaban J connectivity index is 2.02. The molecule has 0 radical (unpaired) electrons. The summed E-state index contributed by atoms with van der Waals surface area (Å²) < 4.78 is 23.0. The molecule has 0 aromatic heterocycles. The van der Waals surface area contributed by atoms with Gasteiger partial charge in [-0.2, -0.15) is 0 Å². The Kier molecular flexibility index (Phi) is 4.56. The lowest BCUT2D eigenvalue weighted by atomic mass is 10.2. The number of aryl methyl sites for hydroxylation is 1. The molecule has 0 unspecified atom stereocenters. The summed E-state index contributed by atoms with van der Waals surface area (Å²) in [6.45, 7) is 1.93. The van der Waals surface area contributed by atoms with Crippen molar-refractivity contribution in [2.24, 2.45) is 0 Å². The lowest BCUT2D eigenvalue weighted by molar-refractivity contribution is 0.402. The van der Waals surface area contributed by atoms with Crippen LogP contribution in [0.1, 0.15) is 12.0 Å². The van der Waals surface area contributed by atoms with E-state index in [-0.39, 0.29) is 17.5 Å². The van der Waals surface area contributed by atoms with Gasteiger partial charge in [0.2, 0.25) is 0 Å². The van der Waals surface area contributed by atoms with E-state index in [2.05, 4.69) is 5.32 Å². The van der Waals surface area contributed by atoms with E-state index in [1.165, 1.54) is 0 Å². The second-order valence-corrected chi connectivity index (χ2v) is 8.08. The van der Waals surface area contributed by atoms with Crippen LogP contribution in [-0.4, -0.2) is 43.0 Å². The third-order valence-electron chi connectivity index (χ3n) is 3.50. The van der Waals surface area contributed by atoms with Gasteiger partial charge in [-0.15, -0.1) is 0 Å². The molecule has 1 aromatic rings. The van der Waals surface area contributed by atoms with Crippen LogP contribution in [0.5, 0.6) is 0 Å². The minimum Gasteiger partial charge on any atom is -0.348 e. The summed E-state index contributed by atoms with van der Waals surface area (Å²) in [6, 6.07) is 5.56. The van der Waals surface area contributed by atoms with Crippen LogP contribution in [0.2, 0.25) is 5.02 Å². The van der Waals surface area contributed by atoms with Gasteiger partial charge < -0.3 is 10.2 Å². The quantitative estimate of drug-likeness (QED) is 0.843. The number of hydrogen-bond donors (Lipinski definition) is 1. The van der Waals surface area contributed by atoms with Crippen molar-refractivity contribution in [1.82, 2.24) is 4.90 Å². The minimum atomic E-state index is -2.91. The maximum absolute atomic E-state index is 11.5. The van der Waals surface area contributed by atoms with Gasteiger partial charge in [0.25, 0.3) is 0 Å². The van der Waals surface area contributed by atoms with Crippen LogP contribution < -0.4 is 5.32 Å². The van der Waals surface area contributed by atoms with Crippen molar-refractivity contribution in [3.8, 4) is 0 Å². The van der Waals surface area contributed by atoms with Crippen LogP contribution in [0.25, 0.3) is 0 Å². The first-order valence-electron chi connectivity index (χ1n) is 6.29. The highest BCUT2D eigenvalue weighted by Gasteiger charge is 2.31. The van der Waals surface area contributed by atoms with E-state index in [0.29, 0.717) is 16.6 Å². The fourth-order valence-electron chi connectivity index (χ4n) is 2.13. The van der Waals surface area contributed by atoms with Gasteiger partial charge in [-0.3, -0.25) is 0 Å². The number of halogens is 1. The molecule has 0 bridgehead atoms. The normalized spacial score (nSPS) is 20.6. The van der Waals surface area contributed by atoms with Crippen molar-refractivity contribution in [2.45, 2.75) is 19.4 Å². The van der Waals surface area contributed by atoms with Crippen molar-refractivity contribution in [3.05, 3.63) is 28.8 Å². The van der Waals surface area contributed by atoms with Crippen LogP contribution in [0.4, 0.5) is 5.69 Å². The van der Waals surface area contributed by atoms with Gasteiger partial charge in [-0.1, -0.05) is 17.7 Å². The number of hydrogen-bond acceptors (Lipinski definition) is 3. The van der Waals surface area contributed by atoms with Gasteiger partial charge in [-0.05, 0) is 43.3 Å². The predicted molar refractivity (Wildman–Crippen MR) is 87.2 cm³/mol. The van der Waals surface area contributed by atoms with Crippen molar-refractivity contribution >= 4 is 44.5 Å². The molecule has 7 heteroatoms. The summed E-state index contributed by atoms with van der Waals surface area (Å²) in [5.41, 5.74) is 1.80. The van der Waals surface area contributed by atoms with Crippen LogP contribution in [0.15, 0.2) is 18.2 Å². The number of sulfone groups is 1. The summed E-state index contributed by atoms with van der Waals surface area (Å²) >= 11 is 11.4. The van der Waals surface area contributed by atoms with E-state index in [9.17, 15) is 8.42 Å². The Hall–Kier alpha value is -0.850. The number of thiocarbonyl (C=S) groups is 1. The molecule has 1 atom stereocenters. The van der Waals surface area contributed by atoms with Crippen LogP contribution in [0, 0.1) is 6.92 Å². The van der Waals surface area contributed by atoms with E-state index in [1.54, 1.807) is 0 Å². The summed E-state index contributed by atoms with van der Waals surface area (Å²) in [6.07, 6.45) is 0.620.